The maximum Gasteiger partial charge on any atom is 0.262 e. The van der Waals surface area contributed by atoms with E-state index in [1.54, 1.807) is 31.4 Å². The zero-order chi connectivity index (χ0) is 25.1. The van der Waals surface area contributed by atoms with Crippen LogP contribution in [0.5, 0.6) is 5.75 Å². The molecule has 0 unspecified atom stereocenters. The van der Waals surface area contributed by atoms with Crippen LogP contribution in [0.3, 0.4) is 0 Å². The highest BCUT2D eigenvalue weighted by atomic mass is 32.2. The number of rotatable bonds is 6. The number of hydrogen-bond acceptors (Lipinski definition) is 6. The second-order valence-electron chi connectivity index (χ2n) is 8.71. The van der Waals surface area contributed by atoms with Crippen LogP contribution >= 0.6 is 11.8 Å². The number of carbonyl (C=O) groups is 2. The summed E-state index contributed by atoms with van der Waals surface area (Å²) in [6.45, 7) is 2.05. The number of hydrazone groups is 1. The van der Waals surface area contributed by atoms with Crippen molar-refractivity contribution >= 4 is 40.1 Å². The molecule has 2 atom stereocenters. The van der Waals surface area contributed by atoms with Crippen LogP contribution in [0.15, 0.2) is 89.0 Å². The minimum Gasteiger partial charge on any atom is -0.497 e. The quantitative estimate of drug-likeness (QED) is 0.506. The first-order chi connectivity index (χ1) is 17.5. The van der Waals surface area contributed by atoms with E-state index >= 15 is 0 Å². The van der Waals surface area contributed by atoms with Crippen molar-refractivity contribution in [3.63, 3.8) is 0 Å². The molecule has 0 saturated carbocycles. The molecule has 1 N–H and O–H groups in total. The van der Waals surface area contributed by atoms with Gasteiger partial charge in [0.05, 0.1) is 18.9 Å². The van der Waals surface area contributed by atoms with Gasteiger partial charge in [0.1, 0.15) is 11.0 Å². The van der Waals surface area contributed by atoms with Gasteiger partial charge in [0.25, 0.3) is 5.91 Å². The molecule has 182 valence electrons. The number of thioether (sulfide) groups is 1. The van der Waals surface area contributed by atoms with Gasteiger partial charge >= 0.3 is 0 Å². The van der Waals surface area contributed by atoms with Crippen molar-refractivity contribution in [3.05, 3.63) is 95.6 Å². The Morgan fingerprint density at radius 3 is 2.47 bits per heavy atom. The second kappa shape index (κ2) is 10.4. The van der Waals surface area contributed by atoms with Crippen molar-refractivity contribution in [2.24, 2.45) is 10.1 Å². The van der Waals surface area contributed by atoms with Crippen LogP contribution in [0.2, 0.25) is 0 Å². The fourth-order valence-electron chi connectivity index (χ4n) is 4.20. The van der Waals surface area contributed by atoms with E-state index in [-0.39, 0.29) is 24.3 Å². The molecule has 3 aromatic rings. The van der Waals surface area contributed by atoms with E-state index in [9.17, 15) is 9.59 Å². The summed E-state index contributed by atoms with van der Waals surface area (Å²) in [5.41, 5.74) is 4.92. The summed E-state index contributed by atoms with van der Waals surface area (Å²) in [7, 11) is 1.59. The summed E-state index contributed by atoms with van der Waals surface area (Å²) in [5, 5.41) is 9.51. The molecule has 2 amide bonds. The normalized spacial score (nSPS) is 19.2. The van der Waals surface area contributed by atoms with E-state index in [0.717, 1.165) is 16.8 Å². The van der Waals surface area contributed by atoms with E-state index in [0.29, 0.717) is 23.0 Å². The van der Waals surface area contributed by atoms with Gasteiger partial charge in [-0.05, 0) is 42.3 Å². The third-order valence-corrected chi connectivity index (χ3v) is 7.29. The molecule has 0 spiro atoms. The predicted molar refractivity (Wildman–Crippen MR) is 143 cm³/mol. The number of nitrogens with one attached hydrogen (secondary N) is 1. The minimum atomic E-state index is -0.590. The number of aryl methyl sites for hydroxylation is 1. The van der Waals surface area contributed by atoms with Crippen LogP contribution in [0, 0.1) is 6.92 Å². The fraction of sp³-hybridized carbons (Fsp3) is 0.214. The maximum absolute atomic E-state index is 12.8. The molecule has 0 radical (unpaired) electrons. The number of benzene rings is 3. The molecule has 0 bridgehead atoms. The number of anilines is 1. The Morgan fingerprint density at radius 2 is 1.78 bits per heavy atom. The number of methoxy groups -OCH3 is 1. The first-order valence-corrected chi connectivity index (χ1v) is 12.6. The number of hydrogen-bond donors (Lipinski definition) is 1. The molecule has 2 aliphatic rings. The number of aliphatic imine (C=N–C) groups is 1. The van der Waals surface area contributed by atoms with E-state index in [2.05, 4.69) is 41.5 Å². The molecule has 8 heteroatoms. The average Bonchev–Trinajstić information content (AvgIpc) is 3.49. The van der Waals surface area contributed by atoms with Gasteiger partial charge in [-0.15, -0.1) is 0 Å². The first-order valence-electron chi connectivity index (χ1n) is 11.7. The molecule has 0 aromatic heterocycles. The molecule has 2 heterocycles. The Balaban J connectivity index is 1.32. The fourth-order valence-corrected chi connectivity index (χ4v) is 5.26. The van der Waals surface area contributed by atoms with Crippen molar-refractivity contribution in [3.8, 4) is 5.75 Å². The SMILES string of the molecule is COc1ccc(NC(=O)C[C@@H]2SC(N3N=C(c4ccccc4)C[C@H]3c3ccc(C)cc3)=NC2=O)cc1. The monoisotopic (exact) mass is 498 g/mol. The Morgan fingerprint density at radius 1 is 1.06 bits per heavy atom. The van der Waals surface area contributed by atoms with Crippen LogP contribution in [0.4, 0.5) is 5.69 Å². The average molecular weight is 499 g/mol. The van der Waals surface area contributed by atoms with E-state index in [1.165, 1.54) is 17.3 Å². The molecule has 0 saturated heterocycles. The molecule has 7 nitrogen and oxygen atoms in total. The largest absolute Gasteiger partial charge is 0.497 e. The lowest BCUT2D eigenvalue weighted by Crippen LogP contribution is -2.25. The van der Waals surface area contributed by atoms with Gasteiger partial charge in [-0.25, -0.2) is 5.01 Å². The number of carbonyl (C=O) groups excluding carboxylic acids is 2. The van der Waals surface area contributed by atoms with Gasteiger partial charge in [-0.3, -0.25) is 9.59 Å². The lowest BCUT2D eigenvalue weighted by molar-refractivity contribution is -0.121. The summed E-state index contributed by atoms with van der Waals surface area (Å²) in [5.74, 6) is 0.148. The van der Waals surface area contributed by atoms with E-state index < -0.39 is 5.25 Å². The van der Waals surface area contributed by atoms with Crippen LogP contribution in [-0.4, -0.2) is 40.1 Å². The van der Waals surface area contributed by atoms with Crippen molar-refractivity contribution < 1.29 is 14.3 Å². The zero-order valence-corrected chi connectivity index (χ0v) is 20.9. The van der Waals surface area contributed by atoms with Crippen molar-refractivity contribution in [2.75, 3.05) is 12.4 Å². The molecular formula is C28H26N4O3S. The van der Waals surface area contributed by atoms with Gasteiger partial charge in [0, 0.05) is 18.5 Å². The molecule has 2 aliphatic heterocycles. The third-order valence-electron chi connectivity index (χ3n) is 6.15. The van der Waals surface area contributed by atoms with Gasteiger partial charge < -0.3 is 10.1 Å². The molecule has 36 heavy (non-hydrogen) atoms. The highest BCUT2D eigenvalue weighted by Crippen LogP contribution is 2.38. The standard InChI is InChI=1S/C28H26N4O3S/c1-18-8-10-20(11-9-18)24-16-23(19-6-4-3-5-7-19)31-32(24)28-30-27(34)25(36-28)17-26(33)29-21-12-14-22(35-2)15-13-21/h3-15,24-25H,16-17H2,1-2H3,(H,29,33)/t24-,25-/m0/s1. The minimum absolute atomic E-state index is 0.0286. The number of amidine groups is 1. The Kier molecular flexibility index (Phi) is 6.86. The highest BCUT2D eigenvalue weighted by molar-refractivity contribution is 8.15. The topological polar surface area (TPSA) is 83.4 Å². The number of amides is 2. The van der Waals surface area contributed by atoms with Crippen LogP contribution in [-0.2, 0) is 9.59 Å². The zero-order valence-electron chi connectivity index (χ0n) is 20.0. The predicted octanol–water partition coefficient (Wildman–Crippen LogP) is 5.18. The highest BCUT2D eigenvalue weighted by Gasteiger charge is 2.39. The summed E-state index contributed by atoms with van der Waals surface area (Å²) < 4.78 is 5.15. The molecule has 0 aliphatic carbocycles. The molecular weight excluding hydrogens is 472 g/mol. The van der Waals surface area contributed by atoms with Crippen molar-refractivity contribution in [2.45, 2.75) is 31.1 Å². The van der Waals surface area contributed by atoms with Gasteiger partial charge in [-0.1, -0.05) is 71.9 Å². The summed E-state index contributed by atoms with van der Waals surface area (Å²) >= 11 is 1.30. The van der Waals surface area contributed by atoms with Gasteiger partial charge in [-0.2, -0.15) is 10.1 Å². The number of nitrogens with zero attached hydrogens (tertiary/aromatic N) is 3. The summed E-state index contributed by atoms with van der Waals surface area (Å²) in [6.07, 6.45) is 0.726. The van der Waals surface area contributed by atoms with Crippen molar-refractivity contribution in [1.29, 1.82) is 0 Å². The Hall–Kier alpha value is -3.91. The summed E-state index contributed by atoms with van der Waals surface area (Å²) in [4.78, 5) is 29.7. The third kappa shape index (κ3) is 5.18. The molecule has 5 rings (SSSR count). The summed E-state index contributed by atoms with van der Waals surface area (Å²) in [6, 6.07) is 25.4. The van der Waals surface area contributed by atoms with E-state index in [1.807, 2.05) is 35.3 Å². The van der Waals surface area contributed by atoms with Crippen LogP contribution in [0.1, 0.15) is 35.6 Å². The maximum atomic E-state index is 12.8. The van der Waals surface area contributed by atoms with E-state index in [4.69, 9.17) is 9.84 Å². The molecule has 3 aromatic carbocycles. The second-order valence-corrected chi connectivity index (χ2v) is 9.88. The van der Waals surface area contributed by atoms with Crippen LogP contribution < -0.4 is 10.1 Å². The number of ether oxygens (including phenoxy) is 1. The Bertz CT molecular complexity index is 1320. The van der Waals surface area contributed by atoms with Crippen LogP contribution in [0.25, 0.3) is 0 Å². The Labute approximate surface area is 214 Å². The first kappa shape index (κ1) is 23.8. The van der Waals surface area contributed by atoms with Gasteiger partial charge in [0.15, 0.2) is 5.17 Å². The van der Waals surface area contributed by atoms with Gasteiger partial charge in [0.2, 0.25) is 5.91 Å². The lowest BCUT2D eigenvalue weighted by Gasteiger charge is -2.23. The smallest absolute Gasteiger partial charge is 0.262 e. The lowest BCUT2D eigenvalue weighted by atomic mass is 9.98. The molecule has 0 fully saturated rings. The van der Waals surface area contributed by atoms with Crippen molar-refractivity contribution in [1.82, 2.24) is 5.01 Å².